The Balaban J connectivity index is 1.79. The zero-order valence-electron chi connectivity index (χ0n) is 12.3. The monoisotopic (exact) mass is 290 g/mol. The number of anilines is 1. The topological polar surface area (TPSA) is 40.6 Å². The van der Waals surface area contributed by atoms with Crippen LogP contribution in [0.5, 0.6) is 0 Å². The molecular weight excluding hydrogens is 271 g/mol. The molecule has 1 aromatic rings. The van der Waals surface area contributed by atoms with Crippen molar-refractivity contribution in [2.45, 2.75) is 32.7 Å². The van der Waals surface area contributed by atoms with Gasteiger partial charge < -0.3 is 9.80 Å². The Morgan fingerprint density at radius 3 is 2.62 bits per heavy atom. The van der Waals surface area contributed by atoms with E-state index < -0.39 is 6.04 Å². The SMILES string of the molecule is Cc1ccc(N2CCN(C(=O)C3CC3)[C@H](C)C2=O)cc1F. The van der Waals surface area contributed by atoms with Gasteiger partial charge >= 0.3 is 0 Å². The molecule has 0 radical (unpaired) electrons. The van der Waals surface area contributed by atoms with E-state index in [1.807, 2.05) is 0 Å². The van der Waals surface area contributed by atoms with Gasteiger partial charge in [-0.3, -0.25) is 9.59 Å². The zero-order chi connectivity index (χ0) is 15.1. The quantitative estimate of drug-likeness (QED) is 0.837. The molecule has 1 aliphatic carbocycles. The van der Waals surface area contributed by atoms with Gasteiger partial charge in [0.15, 0.2) is 0 Å². The number of benzene rings is 1. The largest absolute Gasteiger partial charge is 0.329 e. The van der Waals surface area contributed by atoms with Crippen LogP contribution in [0.3, 0.4) is 0 Å². The summed E-state index contributed by atoms with van der Waals surface area (Å²) in [4.78, 5) is 27.9. The van der Waals surface area contributed by atoms with E-state index in [2.05, 4.69) is 0 Å². The predicted molar refractivity (Wildman–Crippen MR) is 77.4 cm³/mol. The molecule has 2 aliphatic rings. The number of nitrogens with zero attached hydrogens (tertiary/aromatic N) is 2. The third-order valence-electron chi connectivity index (χ3n) is 4.33. The number of carbonyl (C=O) groups is 2. The highest BCUT2D eigenvalue weighted by Crippen LogP contribution is 2.33. The molecule has 0 aromatic heterocycles. The lowest BCUT2D eigenvalue weighted by Gasteiger charge is -2.39. The Labute approximate surface area is 123 Å². The van der Waals surface area contributed by atoms with Crippen LogP contribution in [0.15, 0.2) is 18.2 Å². The normalized spacial score (nSPS) is 22.6. The Morgan fingerprint density at radius 2 is 2.00 bits per heavy atom. The summed E-state index contributed by atoms with van der Waals surface area (Å²) in [5.41, 5.74) is 1.12. The lowest BCUT2D eigenvalue weighted by Crippen LogP contribution is -2.58. The van der Waals surface area contributed by atoms with Crippen LogP contribution in [0.25, 0.3) is 0 Å². The summed E-state index contributed by atoms with van der Waals surface area (Å²) < 4.78 is 13.7. The Bertz CT molecular complexity index is 598. The second kappa shape index (κ2) is 5.13. The molecule has 2 amide bonds. The van der Waals surface area contributed by atoms with Crippen LogP contribution in [0.4, 0.5) is 10.1 Å². The maximum Gasteiger partial charge on any atom is 0.249 e. The van der Waals surface area contributed by atoms with Crippen molar-refractivity contribution in [1.29, 1.82) is 0 Å². The Hall–Kier alpha value is -1.91. The van der Waals surface area contributed by atoms with Gasteiger partial charge in [-0.2, -0.15) is 0 Å². The summed E-state index contributed by atoms with van der Waals surface area (Å²) >= 11 is 0. The average Bonchev–Trinajstić information content (AvgIpc) is 3.29. The number of hydrogen-bond donors (Lipinski definition) is 0. The van der Waals surface area contributed by atoms with Gasteiger partial charge in [0.25, 0.3) is 0 Å². The van der Waals surface area contributed by atoms with Gasteiger partial charge in [-0.25, -0.2) is 4.39 Å². The summed E-state index contributed by atoms with van der Waals surface area (Å²) in [7, 11) is 0. The van der Waals surface area contributed by atoms with Gasteiger partial charge in [-0.1, -0.05) is 6.07 Å². The summed E-state index contributed by atoms with van der Waals surface area (Å²) in [6.45, 7) is 4.37. The fourth-order valence-corrected chi connectivity index (χ4v) is 2.74. The van der Waals surface area contributed by atoms with Crippen molar-refractivity contribution in [3.63, 3.8) is 0 Å². The van der Waals surface area contributed by atoms with Crippen LogP contribution < -0.4 is 4.90 Å². The average molecular weight is 290 g/mol. The summed E-state index contributed by atoms with van der Waals surface area (Å²) in [6, 6.07) is 4.33. The van der Waals surface area contributed by atoms with Crippen molar-refractivity contribution >= 4 is 17.5 Å². The molecule has 112 valence electrons. The molecule has 0 unspecified atom stereocenters. The number of hydrogen-bond acceptors (Lipinski definition) is 2. The third kappa shape index (κ3) is 2.52. The number of halogens is 1. The lowest BCUT2D eigenvalue weighted by atomic mass is 10.1. The van der Waals surface area contributed by atoms with E-state index in [0.29, 0.717) is 24.3 Å². The number of piperazine rings is 1. The first kappa shape index (κ1) is 14.0. The van der Waals surface area contributed by atoms with Gasteiger partial charge in [-0.05, 0) is 44.4 Å². The van der Waals surface area contributed by atoms with Gasteiger partial charge in [-0.15, -0.1) is 0 Å². The predicted octanol–water partition coefficient (Wildman–Crippen LogP) is 2.11. The van der Waals surface area contributed by atoms with Crippen LogP contribution >= 0.6 is 0 Å². The second-order valence-corrected chi connectivity index (χ2v) is 5.91. The van der Waals surface area contributed by atoms with Crippen LogP contribution in [0.1, 0.15) is 25.3 Å². The highest BCUT2D eigenvalue weighted by atomic mass is 19.1. The standard InChI is InChI=1S/C16H19FN2O2/c1-10-3-6-13(9-14(10)17)19-8-7-18(11(2)15(19)20)16(21)12-4-5-12/h3,6,9,11-12H,4-5,7-8H2,1-2H3/t11-/m1/s1. The Kier molecular flexibility index (Phi) is 3.43. The second-order valence-electron chi connectivity index (χ2n) is 5.91. The molecule has 0 N–H and O–H groups in total. The van der Waals surface area contributed by atoms with Crippen molar-refractivity contribution in [3.8, 4) is 0 Å². The molecular formula is C16H19FN2O2. The Morgan fingerprint density at radius 1 is 1.29 bits per heavy atom. The number of carbonyl (C=O) groups excluding carboxylic acids is 2. The zero-order valence-corrected chi connectivity index (χ0v) is 12.3. The first-order valence-corrected chi connectivity index (χ1v) is 7.37. The molecule has 21 heavy (non-hydrogen) atoms. The van der Waals surface area contributed by atoms with Gasteiger partial charge in [0, 0.05) is 24.7 Å². The molecule has 1 heterocycles. The van der Waals surface area contributed by atoms with Crippen molar-refractivity contribution in [3.05, 3.63) is 29.6 Å². The van der Waals surface area contributed by atoms with Gasteiger partial charge in [0.05, 0.1) is 0 Å². The first-order valence-electron chi connectivity index (χ1n) is 7.37. The molecule has 1 saturated heterocycles. The molecule has 5 heteroatoms. The first-order chi connectivity index (χ1) is 9.99. The van der Waals surface area contributed by atoms with E-state index in [1.165, 1.54) is 6.07 Å². The molecule has 1 atom stereocenters. The third-order valence-corrected chi connectivity index (χ3v) is 4.33. The molecule has 1 aliphatic heterocycles. The maximum absolute atomic E-state index is 13.7. The van der Waals surface area contributed by atoms with E-state index in [0.717, 1.165) is 12.8 Å². The lowest BCUT2D eigenvalue weighted by molar-refractivity contribution is -0.141. The highest BCUT2D eigenvalue weighted by Gasteiger charge is 2.40. The minimum absolute atomic E-state index is 0.0885. The molecule has 3 rings (SSSR count). The maximum atomic E-state index is 13.7. The fourth-order valence-electron chi connectivity index (χ4n) is 2.74. The molecule has 0 bridgehead atoms. The molecule has 1 aromatic carbocycles. The van der Waals surface area contributed by atoms with E-state index >= 15 is 0 Å². The van der Waals surface area contributed by atoms with Crippen LogP contribution in [0.2, 0.25) is 0 Å². The van der Waals surface area contributed by atoms with Gasteiger partial charge in [0.2, 0.25) is 11.8 Å². The molecule has 0 spiro atoms. The van der Waals surface area contributed by atoms with Crippen molar-refractivity contribution < 1.29 is 14.0 Å². The van der Waals surface area contributed by atoms with Crippen molar-refractivity contribution in [1.82, 2.24) is 4.90 Å². The van der Waals surface area contributed by atoms with Gasteiger partial charge in [0.1, 0.15) is 11.9 Å². The van der Waals surface area contributed by atoms with Crippen molar-refractivity contribution in [2.24, 2.45) is 5.92 Å². The fraction of sp³-hybridized carbons (Fsp3) is 0.500. The molecule has 1 saturated carbocycles. The van der Waals surface area contributed by atoms with Crippen LogP contribution in [0, 0.1) is 18.7 Å². The highest BCUT2D eigenvalue weighted by molar-refractivity contribution is 6.00. The van der Waals surface area contributed by atoms with E-state index in [9.17, 15) is 14.0 Å². The number of amides is 2. The van der Waals surface area contributed by atoms with Crippen LogP contribution in [-0.4, -0.2) is 35.8 Å². The summed E-state index contributed by atoms with van der Waals surface area (Å²) in [5, 5.41) is 0. The minimum Gasteiger partial charge on any atom is -0.329 e. The molecule has 2 fully saturated rings. The number of aryl methyl sites for hydroxylation is 1. The van der Waals surface area contributed by atoms with E-state index in [-0.39, 0.29) is 23.5 Å². The smallest absolute Gasteiger partial charge is 0.249 e. The summed E-state index contributed by atoms with van der Waals surface area (Å²) in [5.74, 6) is -0.253. The van der Waals surface area contributed by atoms with E-state index in [1.54, 1.807) is 35.8 Å². The van der Waals surface area contributed by atoms with E-state index in [4.69, 9.17) is 0 Å². The summed E-state index contributed by atoms with van der Waals surface area (Å²) in [6.07, 6.45) is 1.87. The minimum atomic E-state index is -0.476. The molecule has 4 nitrogen and oxygen atoms in total. The number of rotatable bonds is 2. The van der Waals surface area contributed by atoms with Crippen LogP contribution in [-0.2, 0) is 9.59 Å². The van der Waals surface area contributed by atoms with Crippen molar-refractivity contribution in [2.75, 3.05) is 18.0 Å².